The molecule has 0 amide bonds. The molecule has 1 heterocycles. The third kappa shape index (κ3) is 2.05. The molecule has 0 saturated heterocycles. The van der Waals surface area contributed by atoms with Gasteiger partial charge in [0.25, 0.3) is 0 Å². The van der Waals surface area contributed by atoms with Gasteiger partial charge >= 0.3 is 0 Å². The zero-order chi connectivity index (χ0) is 8.97. The van der Waals surface area contributed by atoms with Crippen molar-refractivity contribution < 1.29 is 0 Å². The van der Waals surface area contributed by atoms with Gasteiger partial charge in [-0.3, -0.25) is 4.98 Å². The summed E-state index contributed by atoms with van der Waals surface area (Å²) >= 11 is 3.25. The molecule has 3 heteroatoms. The van der Waals surface area contributed by atoms with Gasteiger partial charge in [0.05, 0.1) is 11.9 Å². The van der Waals surface area contributed by atoms with E-state index in [2.05, 4.69) is 37.7 Å². The maximum absolute atomic E-state index is 4.21. The van der Waals surface area contributed by atoms with E-state index in [4.69, 9.17) is 0 Å². The van der Waals surface area contributed by atoms with E-state index in [1.807, 2.05) is 6.92 Å². The molecule has 0 bridgehead atoms. The van der Waals surface area contributed by atoms with Crippen molar-refractivity contribution in [2.24, 2.45) is 0 Å². The highest BCUT2D eigenvalue weighted by atomic mass is 79.9. The summed E-state index contributed by atoms with van der Waals surface area (Å²) in [7, 11) is 0. The van der Waals surface area contributed by atoms with Gasteiger partial charge in [0.2, 0.25) is 0 Å². The molecule has 0 aliphatic rings. The Bertz CT molecular complexity index is 336. The Kier molecular flexibility index (Phi) is 3.24. The van der Waals surface area contributed by atoms with E-state index in [1.165, 1.54) is 0 Å². The van der Waals surface area contributed by atoms with Crippen LogP contribution in [0.15, 0.2) is 10.8 Å². The molecule has 0 fully saturated rings. The number of nitrogens with zero attached hydrogens (tertiary/aromatic N) is 2. The number of hydrogen-bond donors (Lipinski definition) is 0. The Morgan fingerprint density at radius 3 is 2.92 bits per heavy atom. The third-order valence-electron chi connectivity index (χ3n) is 1.40. The van der Waals surface area contributed by atoms with Crippen LogP contribution in [0, 0.1) is 11.8 Å². The monoisotopic (exact) mass is 224 g/mol. The van der Waals surface area contributed by atoms with Crippen LogP contribution in [-0.4, -0.2) is 9.97 Å². The fourth-order valence-corrected chi connectivity index (χ4v) is 1.15. The molecule has 2 nitrogen and oxygen atoms in total. The van der Waals surface area contributed by atoms with Crippen LogP contribution in [0.25, 0.3) is 0 Å². The Morgan fingerprint density at radius 2 is 2.33 bits per heavy atom. The second kappa shape index (κ2) is 4.22. The van der Waals surface area contributed by atoms with Gasteiger partial charge in [0, 0.05) is 0 Å². The highest BCUT2D eigenvalue weighted by Crippen LogP contribution is 2.08. The molecule has 0 saturated carbocycles. The number of aryl methyl sites for hydroxylation is 1. The number of rotatable bonds is 1. The predicted molar refractivity (Wildman–Crippen MR) is 51.7 cm³/mol. The van der Waals surface area contributed by atoms with E-state index in [9.17, 15) is 0 Å². The van der Waals surface area contributed by atoms with Crippen LogP contribution in [-0.2, 0) is 6.42 Å². The molecule has 0 aromatic carbocycles. The highest BCUT2D eigenvalue weighted by molar-refractivity contribution is 9.10. The predicted octanol–water partition coefficient (Wildman–Crippen LogP) is 2.17. The summed E-state index contributed by atoms with van der Waals surface area (Å²) in [6, 6.07) is 0. The molecule has 0 aliphatic carbocycles. The number of halogens is 1. The first-order chi connectivity index (χ1) is 5.77. The van der Waals surface area contributed by atoms with Crippen molar-refractivity contribution in [2.75, 3.05) is 0 Å². The maximum atomic E-state index is 4.21. The molecule has 0 N–H and O–H groups in total. The standard InChI is InChI=1S/C9H9BrN2/c1-3-5-8-7(4-2)11-6-9(10)12-8/h6H,4H2,1-2H3. The lowest BCUT2D eigenvalue weighted by atomic mass is 10.2. The van der Waals surface area contributed by atoms with Gasteiger partial charge in [-0.25, -0.2) is 4.98 Å². The van der Waals surface area contributed by atoms with Gasteiger partial charge in [-0.2, -0.15) is 0 Å². The first kappa shape index (κ1) is 9.21. The lowest BCUT2D eigenvalue weighted by molar-refractivity contribution is 0.974. The summed E-state index contributed by atoms with van der Waals surface area (Å²) in [4.78, 5) is 8.42. The maximum Gasteiger partial charge on any atom is 0.136 e. The van der Waals surface area contributed by atoms with Crippen molar-refractivity contribution in [3.05, 3.63) is 22.2 Å². The third-order valence-corrected chi connectivity index (χ3v) is 1.78. The van der Waals surface area contributed by atoms with Crippen molar-refractivity contribution in [3.63, 3.8) is 0 Å². The van der Waals surface area contributed by atoms with Gasteiger partial charge in [0.1, 0.15) is 10.3 Å². The lowest BCUT2D eigenvalue weighted by Crippen LogP contribution is -1.96. The minimum Gasteiger partial charge on any atom is -0.256 e. The van der Waals surface area contributed by atoms with Crippen molar-refractivity contribution in [1.29, 1.82) is 0 Å². The Hall–Kier alpha value is -0.880. The second-order valence-corrected chi connectivity index (χ2v) is 3.03. The fourth-order valence-electron chi connectivity index (χ4n) is 0.870. The minimum atomic E-state index is 0.734. The molecule has 1 aromatic heterocycles. The van der Waals surface area contributed by atoms with E-state index in [0.717, 1.165) is 22.4 Å². The zero-order valence-corrected chi connectivity index (χ0v) is 8.64. The summed E-state index contributed by atoms with van der Waals surface area (Å²) in [6.07, 6.45) is 2.56. The van der Waals surface area contributed by atoms with Gasteiger partial charge in [0.15, 0.2) is 0 Å². The molecule has 0 aliphatic heterocycles. The van der Waals surface area contributed by atoms with E-state index < -0.39 is 0 Å². The molecular weight excluding hydrogens is 216 g/mol. The minimum absolute atomic E-state index is 0.734. The van der Waals surface area contributed by atoms with Crippen LogP contribution in [0.3, 0.4) is 0 Å². The SMILES string of the molecule is CC#Cc1nc(Br)cnc1CC. The van der Waals surface area contributed by atoms with Crippen LogP contribution in [0.4, 0.5) is 0 Å². The van der Waals surface area contributed by atoms with Gasteiger partial charge in [-0.05, 0) is 35.2 Å². The summed E-state index contributed by atoms with van der Waals surface area (Å²) in [5.41, 5.74) is 1.72. The van der Waals surface area contributed by atoms with Crippen LogP contribution in [0.1, 0.15) is 25.2 Å². The Morgan fingerprint density at radius 1 is 1.58 bits per heavy atom. The molecule has 0 atom stereocenters. The van der Waals surface area contributed by atoms with Crippen LogP contribution in [0.5, 0.6) is 0 Å². The lowest BCUT2D eigenvalue weighted by Gasteiger charge is -1.98. The van der Waals surface area contributed by atoms with Gasteiger partial charge < -0.3 is 0 Å². The van der Waals surface area contributed by atoms with Crippen molar-refractivity contribution >= 4 is 15.9 Å². The molecule has 1 rings (SSSR count). The summed E-state index contributed by atoms with van der Waals surface area (Å²) < 4.78 is 0.734. The summed E-state index contributed by atoms with van der Waals surface area (Å²) in [6.45, 7) is 3.83. The molecule has 0 spiro atoms. The van der Waals surface area contributed by atoms with Crippen LogP contribution in [0.2, 0.25) is 0 Å². The van der Waals surface area contributed by atoms with E-state index in [1.54, 1.807) is 13.1 Å². The molecule has 62 valence electrons. The van der Waals surface area contributed by atoms with E-state index in [-0.39, 0.29) is 0 Å². The quantitative estimate of drug-likeness (QED) is 0.684. The molecule has 0 radical (unpaired) electrons. The van der Waals surface area contributed by atoms with E-state index >= 15 is 0 Å². The normalized spacial score (nSPS) is 8.92. The number of hydrogen-bond acceptors (Lipinski definition) is 2. The van der Waals surface area contributed by atoms with Crippen molar-refractivity contribution in [2.45, 2.75) is 20.3 Å². The molecule has 1 aromatic rings. The van der Waals surface area contributed by atoms with E-state index in [0.29, 0.717) is 0 Å². The molecule has 0 unspecified atom stereocenters. The van der Waals surface area contributed by atoms with Crippen LogP contribution >= 0.6 is 15.9 Å². The fraction of sp³-hybridized carbons (Fsp3) is 0.333. The topological polar surface area (TPSA) is 25.8 Å². The summed E-state index contributed by atoms with van der Waals surface area (Å²) in [5.74, 6) is 5.73. The second-order valence-electron chi connectivity index (χ2n) is 2.22. The molecular formula is C9H9BrN2. The largest absolute Gasteiger partial charge is 0.256 e. The highest BCUT2D eigenvalue weighted by Gasteiger charge is 2.00. The van der Waals surface area contributed by atoms with Crippen molar-refractivity contribution in [3.8, 4) is 11.8 Å². The average molecular weight is 225 g/mol. The number of aromatic nitrogens is 2. The zero-order valence-electron chi connectivity index (χ0n) is 7.06. The Labute approximate surface area is 80.6 Å². The van der Waals surface area contributed by atoms with Gasteiger partial charge in [-0.1, -0.05) is 12.8 Å². The first-order valence-electron chi connectivity index (χ1n) is 3.72. The molecule has 12 heavy (non-hydrogen) atoms. The van der Waals surface area contributed by atoms with Gasteiger partial charge in [-0.15, -0.1) is 0 Å². The smallest absolute Gasteiger partial charge is 0.136 e. The average Bonchev–Trinajstić information content (AvgIpc) is 2.05. The first-order valence-corrected chi connectivity index (χ1v) is 4.51. The summed E-state index contributed by atoms with van der Waals surface area (Å²) in [5, 5.41) is 0. The van der Waals surface area contributed by atoms with Crippen molar-refractivity contribution in [1.82, 2.24) is 9.97 Å². The Balaban J connectivity index is 3.18. The van der Waals surface area contributed by atoms with Crippen LogP contribution < -0.4 is 0 Å².